The first-order valence-electron chi connectivity index (χ1n) is 5.59. The van der Waals surface area contributed by atoms with Gasteiger partial charge in [0.25, 0.3) is 0 Å². The molecule has 2 rings (SSSR count). The van der Waals surface area contributed by atoms with Crippen molar-refractivity contribution in [1.29, 1.82) is 0 Å². The molecule has 0 bridgehead atoms. The van der Waals surface area contributed by atoms with Crippen LogP contribution in [0.1, 0.15) is 10.4 Å². The number of ether oxygens (including phenoxy) is 1. The second-order valence-electron chi connectivity index (χ2n) is 3.72. The van der Waals surface area contributed by atoms with E-state index in [2.05, 4.69) is 10.2 Å². The van der Waals surface area contributed by atoms with Crippen LogP contribution in [0.4, 0.5) is 11.4 Å². The van der Waals surface area contributed by atoms with Crippen LogP contribution in [-0.2, 0) is 0 Å². The maximum atomic E-state index is 11.0. The summed E-state index contributed by atoms with van der Waals surface area (Å²) in [5, 5.41) is 17.0. The van der Waals surface area contributed by atoms with Crippen LogP contribution >= 0.6 is 0 Å². The molecule has 0 aliphatic rings. The zero-order valence-corrected chi connectivity index (χ0v) is 10.3. The summed E-state index contributed by atoms with van der Waals surface area (Å²) in [5.41, 5.74) is 1.08. The van der Waals surface area contributed by atoms with Crippen LogP contribution in [0.15, 0.2) is 58.8 Å². The third kappa shape index (κ3) is 3.16. The van der Waals surface area contributed by atoms with E-state index in [0.29, 0.717) is 11.4 Å². The van der Waals surface area contributed by atoms with Crippen LogP contribution in [0.3, 0.4) is 0 Å². The van der Waals surface area contributed by atoms with Crippen molar-refractivity contribution in [3.05, 3.63) is 54.1 Å². The Morgan fingerprint density at radius 3 is 2.37 bits per heavy atom. The second-order valence-corrected chi connectivity index (χ2v) is 3.72. The van der Waals surface area contributed by atoms with Crippen molar-refractivity contribution in [2.24, 2.45) is 10.2 Å². The van der Waals surface area contributed by atoms with Crippen molar-refractivity contribution in [2.45, 2.75) is 0 Å². The summed E-state index contributed by atoms with van der Waals surface area (Å²) in [6.45, 7) is 0. The third-order valence-electron chi connectivity index (χ3n) is 2.48. The van der Waals surface area contributed by atoms with Gasteiger partial charge in [-0.25, -0.2) is 4.79 Å². The first kappa shape index (κ1) is 12.8. The van der Waals surface area contributed by atoms with Crippen LogP contribution in [0.25, 0.3) is 0 Å². The molecule has 0 fully saturated rings. The van der Waals surface area contributed by atoms with Gasteiger partial charge in [0, 0.05) is 0 Å². The molecule has 5 heteroatoms. The Labute approximate surface area is 110 Å². The normalized spacial score (nSPS) is 10.6. The topological polar surface area (TPSA) is 71.2 Å². The summed E-state index contributed by atoms with van der Waals surface area (Å²) >= 11 is 0. The smallest absolute Gasteiger partial charge is 0.337 e. The predicted molar refractivity (Wildman–Crippen MR) is 70.6 cm³/mol. The molecule has 5 nitrogen and oxygen atoms in total. The highest BCUT2D eigenvalue weighted by atomic mass is 16.5. The third-order valence-corrected chi connectivity index (χ3v) is 2.48. The zero-order chi connectivity index (χ0) is 13.7. The molecular formula is C14H12N2O3. The minimum atomic E-state index is -1.02. The maximum Gasteiger partial charge on any atom is 0.337 e. The summed E-state index contributed by atoms with van der Waals surface area (Å²) in [4.78, 5) is 11.0. The quantitative estimate of drug-likeness (QED) is 0.845. The summed E-state index contributed by atoms with van der Waals surface area (Å²) in [6, 6.07) is 13.5. The van der Waals surface area contributed by atoms with E-state index in [1.165, 1.54) is 6.07 Å². The van der Waals surface area contributed by atoms with Gasteiger partial charge in [-0.1, -0.05) is 12.1 Å². The molecular weight excluding hydrogens is 244 g/mol. The Kier molecular flexibility index (Phi) is 3.87. The van der Waals surface area contributed by atoms with Crippen molar-refractivity contribution in [3.8, 4) is 5.75 Å². The van der Waals surface area contributed by atoms with Gasteiger partial charge in [0.15, 0.2) is 0 Å². The number of benzene rings is 2. The number of hydrogen-bond acceptors (Lipinski definition) is 4. The lowest BCUT2D eigenvalue weighted by molar-refractivity contribution is 0.0698. The molecule has 19 heavy (non-hydrogen) atoms. The minimum absolute atomic E-state index is 0.125. The highest BCUT2D eigenvalue weighted by Gasteiger charge is 2.07. The number of methoxy groups -OCH3 is 1. The highest BCUT2D eigenvalue weighted by Crippen LogP contribution is 2.23. The second kappa shape index (κ2) is 5.77. The van der Waals surface area contributed by atoms with Crippen LogP contribution < -0.4 is 4.74 Å². The maximum absolute atomic E-state index is 11.0. The van der Waals surface area contributed by atoms with Crippen molar-refractivity contribution in [2.75, 3.05) is 7.11 Å². The van der Waals surface area contributed by atoms with E-state index in [4.69, 9.17) is 9.84 Å². The SMILES string of the molecule is COc1ccc(N=Nc2ccccc2C(=O)O)cc1. The standard InChI is InChI=1S/C14H12N2O3/c1-19-11-8-6-10(7-9-11)15-16-13-5-3-2-4-12(13)14(17)18/h2-9H,1H3,(H,17,18). The lowest BCUT2D eigenvalue weighted by Crippen LogP contribution is -1.95. The molecule has 0 aliphatic heterocycles. The lowest BCUT2D eigenvalue weighted by Gasteiger charge is -2.00. The van der Waals surface area contributed by atoms with E-state index in [9.17, 15) is 4.79 Å². The highest BCUT2D eigenvalue weighted by molar-refractivity contribution is 5.93. The fourth-order valence-electron chi connectivity index (χ4n) is 1.50. The molecule has 2 aromatic carbocycles. The van der Waals surface area contributed by atoms with Crippen LogP contribution in [0.5, 0.6) is 5.75 Å². The number of aromatic carboxylic acids is 1. The lowest BCUT2D eigenvalue weighted by atomic mass is 10.2. The van der Waals surface area contributed by atoms with Gasteiger partial charge >= 0.3 is 5.97 Å². The summed E-state index contributed by atoms with van der Waals surface area (Å²) in [6.07, 6.45) is 0. The Hall–Kier alpha value is -2.69. The van der Waals surface area contributed by atoms with E-state index in [1.807, 2.05) is 0 Å². The monoisotopic (exact) mass is 256 g/mol. The van der Waals surface area contributed by atoms with E-state index in [1.54, 1.807) is 49.6 Å². The predicted octanol–water partition coefficient (Wildman–Crippen LogP) is 3.81. The minimum Gasteiger partial charge on any atom is -0.497 e. The van der Waals surface area contributed by atoms with Gasteiger partial charge in [0.1, 0.15) is 11.4 Å². The molecule has 96 valence electrons. The molecule has 2 aromatic rings. The average molecular weight is 256 g/mol. The molecule has 0 radical (unpaired) electrons. The number of carbonyl (C=O) groups is 1. The average Bonchev–Trinajstić information content (AvgIpc) is 2.46. The summed E-state index contributed by atoms with van der Waals surface area (Å²) in [7, 11) is 1.58. The van der Waals surface area contributed by atoms with Gasteiger partial charge < -0.3 is 9.84 Å². The van der Waals surface area contributed by atoms with E-state index < -0.39 is 5.97 Å². The summed E-state index contributed by atoms with van der Waals surface area (Å²) in [5.74, 6) is -0.297. The van der Waals surface area contributed by atoms with Crippen molar-refractivity contribution in [1.82, 2.24) is 0 Å². The number of rotatable bonds is 4. The van der Waals surface area contributed by atoms with Crippen LogP contribution in [0, 0.1) is 0 Å². The molecule has 0 amide bonds. The molecule has 0 saturated heterocycles. The zero-order valence-electron chi connectivity index (χ0n) is 10.3. The molecule has 1 N–H and O–H groups in total. The van der Waals surface area contributed by atoms with E-state index in [0.717, 1.165) is 5.75 Å². The van der Waals surface area contributed by atoms with Gasteiger partial charge in [-0.15, -0.1) is 5.11 Å². The molecule has 0 aliphatic carbocycles. The number of carboxylic acid groups (broad SMARTS) is 1. The Balaban J connectivity index is 2.24. The van der Waals surface area contributed by atoms with Gasteiger partial charge in [-0.2, -0.15) is 5.11 Å². The molecule has 0 aromatic heterocycles. The van der Waals surface area contributed by atoms with Crippen LogP contribution in [0.2, 0.25) is 0 Å². The fraction of sp³-hybridized carbons (Fsp3) is 0.0714. The molecule has 0 atom stereocenters. The number of nitrogens with zero attached hydrogens (tertiary/aromatic N) is 2. The van der Waals surface area contributed by atoms with Crippen molar-refractivity contribution >= 4 is 17.3 Å². The van der Waals surface area contributed by atoms with Crippen molar-refractivity contribution < 1.29 is 14.6 Å². The van der Waals surface area contributed by atoms with Gasteiger partial charge in [-0.05, 0) is 36.4 Å². The Morgan fingerprint density at radius 2 is 1.74 bits per heavy atom. The molecule has 0 unspecified atom stereocenters. The summed E-state index contributed by atoms with van der Waals surface area (Å²) < 4.78 is 5.03. The van der Waals surface area contributed by atoms with E-state index in [-0.39, 0.29) is 5.56 Å². The fourth-order valence-corrected chi connectivity index (χ4v) is 1.50. The molecule has 0 heterocycles. The first-order valence-corrected chi connectivity index (χ1v) is 5.59. The van der Waals surface area contributed by atoms with Gasteiger partial charge in [0.05, 0.1) is 18.4 Å². The number of carboxylic acids is 1. The van der Waals surface area contributed by atoms with Crippen molar-refractivity contribution in [3.63, 3.8) is 0 Å². The number of azo groups is 1. The van der Waals surface area contributed by atoms with Gasteiger partial charge in [0.2, 0.25) is 0 Å². The van der Waals surface area contributed by atoms with Crippen LogP contribution in [-0.4, -0.2) is 18.2 Å². The molecule has 0 spiro atoms. The Morgan fingerprint density at radius 1 is 1.05 bits per heavy atom. The largest absolute Gasteiger partial charge is 0.497 e. The molecule has 0 saturated carbocycles. The first-order chi connectivity index (χ1) is 9.20. The number of hydrogen-bond donors (Lipinski definition) is 1. The Bertz CT molecular complexity index is 606. The van der Waals surface area contributed by atoms with E-state index >= 15 is 0 Å². The van der Waals surface area contributed by atoms with Gasteiger partial charge in [-0.3, -0.25) is 0 Å².